The normalized spacial score (nSPS) is 10.8. The molecular formula is C16H15N5O2. The number of aromatic nitrogens is 4. The second kappa shape index (κ2) is 7.17. The number of nitrogens with zero attached hydrogens (tertiary/aromatic N) is 5. The summed E-state index contributed by atoms with van der Waals surface area (Å²) in [5, 5.41) is 11.6. The molecule has 0 radical (unpaired) electrons. The lowest BCUT2D eigenvalue weighted by Crippen LogP contribution is -2.00. The van der Waals surface area contributed by atoms with Gasteiger partial charge in [-0.15, -0.1) is 10.2 Å². The van der Waals surface area contributed by atoms with Gasteiger partial charge in [0.25, 0.3) is 0 Å². The maximum atomic E-state index is 5.73. The van der Waals surface area contributed by atoms with Crippen molar-refractivity contribution in [2.75, 3.05) is 7.11 Å². The fourth-order valence-electron chi connectivity index (χ4n) is 1.97. The van der Waals surface area contributed by atoms with E-state index in [0.717, 1.165) is 16.9 Å². The molecule has 0 aliphatic heterocycles. The maximum absolute atomic E-state index is 5.73. The van der Waals surface area contributed by atoms with Crippen LogP contribution in [-0.2, 0) is 6.61 Å². The van der Waals surface area contributed by atoms with Crippen molar-refractivity contribution >= 4 is 6.21 Å². The Morgan fingerprint density at radius 1 is 1.22 bits per heavy atom. The molecule has 0 bridgehead atoms. The van der Waals surface area contributed by atoms with Crippen LogP contribution in [0.1, 0.15) is 11.1 Å². The summed E-state index contributed by atoms with van der Waals surface area (Å²) < 4.78 is 12.6. The number of methoxy groups -OCH3 is 1. The maximum Gasteiger partial charge on any atom is 0.141 e. The third-order valence-electron chi connectivity index (χ3n) is 3.08. The van der Waals surface area contributed by atoms with Gasteiger partial charge in [-0.05, 0) is 35.9 Å². The summed E-state index contributed by atoms with van der Waals surface area (Å²) >= 11 is 0. The molecular weight excluding hydrogens is 294 g/mol. The topological polar surface area (TPSA) is 74.4 Å². The Kier molecular flexibility index (Phi) is 4.58. The van der Waals surface area contributed by atoms with E-state index in [1.54, 1.807) is 25.7 Å². The largest absolute Gasteiger partial charge is 0.496 e. The van der Waals surface area contributed by atoms with Crippen LogP contribution in [0.15, 0.2) is 60.5 Å². The Labute approximate surface area is 133 Å². The summed E-state index contributed by atoms with van der Waals surface area (Å²) in [4.78, 5) is 4.02. The number of rotatable bonds is 6. The van der Waals surface area contributed by atoms with E-state index in [9.17, 15) is 0 Å². The third-order valence-corrected chi connectivity index (χ3v) is 3.08. The molecule has 2 heterocycles. The van der Waals surface area contributed by atoms with Crippen molar-refractivity contribution < 1.29 is 9.47 Å². The quantitative estimate of drug-likeness (QED) is 0.652. The van der Waals surface area contributed by atoms with Gasteiger partial charge >= 0.3 is 0 Å². The first-order valence-corrected chi connectivity index (χ1v) is 6.94. The highest BCUT2D eigenvalue weighted by atomic mass is 16.5. The Balaban J connectivity index is 1.76. The Hall–Kier alpha value is -3.22. The van der Waals surface area contributed by atoms with Crippen LogP contribution >= 0.6 is 0 Å². The standard InChI is InChI=1S/C16H15N5O2/c1-22-16-5-4-13(8-20-21-11-18-19-12-21)7-14(16)10-23-15-3-2-6-17-9-15/h2-9,11-12H,10H2,1H3/b20-8+. The second-order valence-corrected chi connectivity index (χ2v) is 4.64. The van der Waals surface area contributed by atoms with Crippen LogP contribution in [0.3, 0.4) is 0 Å². The van der Waals surface area contributed by atoms with Gasteiger partial charge in [0.15, 0.2) is 0 Å². The van der Waals surface area contributed by atoms with E-state index in [1.807, 2.05) is 30.3 Å². The van der Waals surface area contributed by atoms with Crippen LogP contribution in [0, 0.1) is 0 Å². The first-order chi connectivity index (χ1) is 11.3. The zero-order valence-electron chi connectivity index (χ0n) is 12.5. The van der Waals surface area contributed by atoms with E-state index in [2.05, 4.69) is 20.3 Å². The van der Waals surface area contributed by atoms with E-state index >= 15 is 0 Å². The zero-order chi connectivity index (χ0) is 15.9. The van der Waals surface area contributed by atoms with Gasteiger partial charge in [-0.2, -0.15) is 5.10 Å². The predicted octanol–water partition coefficient (Wildman–Crippen LogP) is 2.14. The molecule has 0 fully saturated rings. The predicted molar refractivity (Wildman–Crippen MR) is 84.6 cm³/mol. The molecule has 0 N–H and O–H groups in total. The van der Waals surface area contributed by atoms with Gasteiger partial charge in [0.05, 0.1) is 19.5 Å². The molecule has 3 aromatic rings. The number of ether oxygens (including phenoxy) is 2. The van der Waals surface area contributed by atoms with Gasteiger partial charge in [-0.3, -0.25) is 4.98 Å². The van der Waals surface area contributed by atoms with Crippen LogP contribution in [-0.4, -0.2) is 33.2 Å². The van der Waals surface area contributed by atoms with Crippen molar-refractivity contribution in [2.24, 2.45) is 5.10 Å². The Morgan fingerprint density at radius 2 is 2.09 bits per heavy atom. The average Bonchev–Trinajstić information content (AvgIpc) is 3.12. The molecule has 0 amide bonds. The van der Waals surface area contributed by atoms with Crippen LogP contribution in [0.5, 0.6) is 11.5 Å². The number of hydrogen-bond donors (Lipinski definition) is 0. The van der Waals surface area contributed by atoms with Gasteiger partial charge in [0.1, 0.15) is 30.8 Å². The molecule has 7 nitrogen and oxygen atoms in total. The Bertz CT molecular complexity index is 772. The first-order valence-electron chi connectivity index (χ1n) is 6.94. The smallest absolute Gasteiger partial charge is 0.141 e. The van der Waals surface area contributed by atoms with Gasteiger partial charge in [0, 0.05) is 11.8 Å². The van der Waals surface area contributed by atoms with Gasteiger partial charge < -0.3 is 9.47 Å². The summed E-state index contributed by atoms with van der Waals surface area (Å²) in [7, 11) is 1.63. The monoisotopic (exact) mass is 309 g/mol. The molecule has 1 aromatic carbocycles. The summed E-state index contributed by atoms with van der Waals surface area (Å²) in [6.45, 7) is 0.378. The fraction of sp³-hybridized carbons (Fsp3) is 0.125. The lowest BCUT2D eigenvalue weighted by molar-refractivity contribution is 0.295. The van der Waals surface area contributed by atoms with Crippen LogP contribution < -0.4 is 9.47 Å². The van der Waals surface area contributed by atoms with Crippen LogP contribution in [0.2, 0.25) is 0 Å². The van der Waals surface area contributed by atoms with E-state index in [4.69, 9.17) is 9.47 Å². The molecule has 0 aliphatic rings. The summed E-state index contributed by atoms with van der Waals surface area (Å²) in [5.41, 5.74) is 1.84. The summed E-state index contributed by atoms with van der Waals surface area (Å²) in [6, 6.07) is 9.45. The van der Waals surface area contributed by atoms with Crippen molar-refractivity contribution in [1.82, 2.24) is 19.9 Å². The van der Waals surface area contributed by atoms with E-state index in [1.165, 1.54) is 17.3 Å². The zero-order valence-corrected chi connectivity index (χ0v) is 12.5. The molecule has 0 saturated heterocycles. The third kappa shape index (κ3) is 3.91. The minimum Gasteiger partial charge on any atom is -0.496 e. The highest BCUT2D eigenvalue weighted by Crippen LogP contribution is 2.21. The van der Waals surface area contributed by atoms with Crippen molar-refractivity contribution in [2.45, 2.75) is 6.61 Å². The van der Waals surface area contributed by atoms with Crippen LogP contribution in [0.25, 0.3) is 0 Å². The average molecular weight is 309 g/mol. The highest BCUT2D eigenvalue weighted by molar-refractivity contribution is 5.80. The van der Waals surface area contributed by atoms with Crippen molar-refractivity contribution in [3.63, 3.8) is 0 Å². The van der Waals surface area contributed by atoms with Crippen molar-refractivity contribution in [3.8, 4) is 11.5 Å². The summed E-state index contributed by atoms with van der Waals surface area (Å²) in [6.07, 6.45) is 8.13. The molecule has 116 valence electrons. The lowest BCUT2D eigenvalue weighted by Gasteiger charge is -2.10. The van der Waals surface area contributed by atoms with Crippen molar-refractivity contribution in [3.05, 3.63) is 66.5 Å². The molecule has 0 unspecified atom stereocenters. The molecule has 3 rings (SSSR count). The number of hydrogen-bond acceptors (Lipinski definition) is 6. The van der Waals surface area contributed by atoms with Gasteiger partial charge in [0.2, 0.25) is 0 Å². The summed E-state index contributed by atoms with van der Waals surface area (Å²) in [5.74, 6) is 1.47. The SMILES string of the molecule is COc1ccc(/C=N/n2cnnc2)cc1COc1cccnc1. The molecule has 7 heteroatoms. The van der Waals surface area contributed by atoms with E-state index in [-0.39, 0.29) is 0 Å². The highest BCUT2D eigenvalue weighted by Gasteiger charge is 2.05. The fourth-order valence-corrected chi connectivity index (χ4v) is 1.97. The molecule has 0 atom stereocenters. The Morgan fingerprint density at radius 3 is 2.83 bits per heavy atom. The minimum absolute atomic E-state index is 0.378. The molecule has 23 heavy (non-hydrogen) atoms. The molecule has 0 spiro atoms. The number of benzene rings is 1. The lowest BCUT2D eigenvalue weighted by atomic mass is 10.1. The molecule has 2 aromatic heterocycles. The second-order valence-electron chi connectivity index (χ2n) is 4.64. The van der Waals surface area contributed by atoms with Gasteiger partial charge in [-0.1, -0.05) is 0 Å². The van der Waals surface area contributed by atoms with E-state index < -0.39 is 0 Å². The van der Waals surface area contributed by atoms with Crippen molar-refractivity contribution in [1.29, 1.82) is 0 Å². The van der Waals surface area contributed by atoms with E-state index in [0.29, 0.717) is 12.4 Å². The number of pyridine rings is 1. The molecule has 0 aliphatic carbocycles. The van der Waals surface area contributed by atoms with Gasteiger partial charge in [-0.25, -0.2) is 4.68 Å². The molecule has 0 saturated carbocycles. The van der Waals surface area contributed by atoms with Crippen LogP contribution in [0.4, 0.5) is 0 Å². The first kappa shape index (κ1) is 14.7. The minimum atomic E-state index is 0.378.